The van der Waals surface area contributed by atoms with Crippen LogP contribution in [0.2, 0.25) is 0 Å². The number of para-hydroxylation sites is 1. The van der Waals surface area contributed by atoms with Crippen LogP contribution in [-0.4, -0.2) is 9.55 Å². The summed E-state index contributed by atoms with van der Waals surface area (Å²) in [5.41, 5.74) is 6.62. The maximum absolute atomic E-state index is 11.3. The van der Waals surface area contributed by atoms with Crippen LogP contribution in [-0.2, 0) is 6.54 Å². The molecule has 82 valence electrons. The van der Waals surface area contributed by atoms with Gasteiger partial charge in [0, 0.05) is 22.8 Å². The minimum absolute atomic E-state index is 0.192. The Kier molecular flexibility index (Phi) is 3.17. The van der Waals surface area contributed by atoms with E-state index in [1.165, 1.54) is 6.33 Å². The van der Waals surface area contributed by atoms with Gasteiger partial charge in [-0.3, -0.25) is 4.79 Å². The summed E-state index contributed by atoms with van der Waals surface area (Å²) in [5.74, 6) is 0. The molecule has 16 heavy (non-hydrogen) atoms. The normalized spacial score (nSPS) is 10.4. The number of nitrogens with zero attached hydrogens (tertiary/aromatic N) is 2. The van der Waals surface area contributed by atoms with E-state index < -0.39 is 0 Å². The van der Waals surface area contributed by atoms with Gasteiger partial charge in [-0.25, -0.2) is 0 Å². The average Bonchev–Trinajstić information content (AvgIpc) is 2.31. The summed E-state index contributed by atoms with van der Waals surface area (Å²) in [7, 11) is 0. The molecule has 0 unspecified atom stereocenters. The van der Waals surface area contributed by atoms with E-state index >= 15 is 0 Å². The van der Waals surface area contributed by atoms with Gasteiger partial charge in [-0.2, -0.15) is 4.98 Å². The van der Waals surface area contributed by atoms with Crippen LogP contribution in [0.5, 0.6) is 0 Å². The molecule has 2 rings (SSSR count). The number of hydrogen-bond donors (Lipinski definition) is 1. The Labute approximate surface area is 101 Å². The van der Waals surface area contributed by atoms with E-state index in [2.05, 4.69) is 20.9 Å². The molecule has 0 saturated carbocycles. The van der Waals surface area contributed by atoms with Crippen molar-refractivity contribution in [3.05, 3.63) is 57.2 Å². The van der Waals surface area contributed by atoms with Crippen molar-refractivity contribution in [1.82, 2.24) is 9.55 Å². The third kappa shape index (κ3) is 2.05. The Balaban J connectivity index is 2.57. The Morgan fingerprint density at radius 2 is 2.12 bits per heavy atom. The van der Waals surface area contributed by atoms with Crippen LogP contribution in [0, 0.1) is 0 Å². The van der Waals surface area contributed by atoms with Crippen molar-refractivity contribution in [2.24, 2.45) is 5.73 Å². The van der Waals surface area contributed by atoms with Crippen molar-refractivity contribution >= 4 is 15.9 Å². The van der Waals surface area contributed by atoms with E-state index in [4.69, 9.17) is 5.73 Å². The molecule has 0 aliphatic carbocycles. The quantitative estimate of drug-likeness (QED) is 0.905. The van der Waals surface area contributed by atoms with Crippen LogP contribution < -0.4 is 11.3 Å². The molecule has 1 heterocycles. The molecule has 2 N–H and O–H groups in total. The summed E-state index contributed by atoms with van der Waals surface area (Å²) in [4.78, 5) is 15.1. The molecule has 0 spiro atoms. The highest BCUT2D eigenvalue weighted by Gasteiger charge is 2.03. The van der Waals surface area contributed by atoms with E-state index in [1.54, 1.807) is 10.8 Å². The molecule has 0 aliphatic rings. The lowest BCUT2D eigenvalue weighted by atomic mass is 10.3. The minimum Gasteiger partial charge on any atom is -0.326 e. The number of hydrogen-bond acceptors (Lipinski definition) is 3. The number of halogens is 1. The monoisotopic (exact) mass is 279 g/mol. The third-order valence-corrected chi connectivity index (χ3v) is 2.89. The highest BCUT2D eigenvalue weighted by Crippen LogP contribution is 2.19. The van der Waals surface area contributed by atoms with Crippen molar-refractivity contribution < 1.29 is 0 Å². The Morgan fingerprint density at radius 1 is 1.38 bits per heavy atom. The van der Waals surface area contributed by atoms with Gasteiger partial charge in [-0.15, -0.1) is 0 Å². The Morgan fingerprint density at radius 3 is 2.81 bits per heavy atom. The minimum atomic E-state index is -0.272. The summed E-state index contributed by atoms with van der Waals surface area (Å²) in [6.45, 7) is 0.192. The fraction of sp³-hybridized carbons (Fsp3) is 0.0909. The van der Waals surface area contributed by atoms with Crippen LogP contribution in [0.1, 0.15) is 5.56 Å². The van der Waals surface area contributed by atoms with Crippen LogP contribution in [0.15, 0.2) is 46.1 Å². The van der Waals surface area contributed by atoms with Crippen LogP contribution in [0.25, 0.3) is 5.69 Å². The molecule has 2 aromatic rings. The molecule has 0 fully saturated rings. The molecule has 0 atom stereocenters. The van der Waals surface area contributed by atoms with Gasteiger partial charge >= 0.3 is 0 Å². The van der Waals surface area contributed by atoms with Crippen molar-refractivity contribution in [3.63, 3.8) is 0 Å². The SMILES string of the molecule is NCc1cn(-c2ccccc2Br)cnc1=O. The second-order valence-corrected chi connectivity index (χ2v) is 4.12. The largest absolute Gasteiger partial charge is 0.326 e. The van der Waals surface area contributed by atoms with Crippen molar-refractivity contribution in [2.75, 3.05) is 0 Å². The first kappa shape index (κ1) is 11.0. The summed E-state index contributed by atoms with van der Waals surface area (Å²) in [6.07, 6.45) is 3.19. The smallest absolute Gasteiger partial charge is 0.277 e. The van der Waals surface area contributed by atoms with Gasteiger partial charge in [0.25, 0.3) is 5.56 Å². The second kappa shape index (κ2) is 4.59. The van der Waals surface area contributed by atoms with E-state index in [0.717, 1.165) is 10.2 Å². The van der Waals surface area contributed by atoms with E-state index in [-0.39, 0.29) is 12.1 Å². The number of aromatic nitrogens is 2. The average molecular weight is 280 g/mol. The Bertz CT molecular complexity index is 565. The predicted octanol–water partition coefficient (Wildman–Crippen LogP) is 1.45. The highest BCUT2D eigenvalue weighted by molar-refractivity contribution is 9.10. The maximum atomic E-state index is 11.3. The molecule has 0 saturated heterocycles. The topological polar surface area (TPSA) is 60.9 Å². The van der Waals surface area contributed by atoms with Crippen molar-refractivity contribution in [3.8, 4) is 5.69 Å². The fourth-order valence-electron chi connectivity index (χ4n) is 1.39. The van der Waals surface area contributed by atoms with E-state index in [9.17, 15) is 4.79 Å². The van der Waals surface area contributed by atoms with Gasteiger partial charge in [-0.05, 0) is 28.1 Å². The molecular formula is C11H10BrN3O. The predicted molar refractivity (Wildman–Crippen MR) is 65.4 cm³/mol. The highest BCUT2D eigenvalue weighted by atomic mass is 79.9. The lowest BCUT2D eigenvalue weighted by Crippen LogP contribution is -2.18. The first-order valence-electron chi connectivity index (χ1n) is 4.74. The standard InChI is InChI=1S/C11H10BrN3O/c12-9-3-1-2-4-10(9)15-6-8(5-13)11(16)14-7-15/h1-4,6-7H,5,13H2. The molecule has 1 aromatic heterocycles. The summed E-state index contributed by atoms with van der Waals surface area (Å²) in [5, 5.41) is 0. The fourth-order valence-corrected chi connectivity index (χ4v) is 1.88. The van der Waals surface area contributed by atoms with Gasteiger partial charge in [0.15, 0.2) is 0 Å². The summed E-state index contributed by atoms with van der Waals surface area (Å²) in [6, 6.07) is 7.69. The zero-order valence-electron chi connectivity index (χ0n) is 8.43. The summed E-state index contributed by atoms with van der Waals surface area (Å²) >= 11 is 3.44. The maximum Gasteiger partial charge on any atom is 0.277 e. The molecule has 0 aliphatic heterocycles. The number of benzene rings is 1. The molecule has 5 heteroatoms. The lowest BCUT2D eigenvalue weighted by Gasteiger charge is -2.08. The first-order valence-corrected chi connectivity index (χ1v) is 5.54. The molecular weight excluding hydrogens is 270 g/mol. The van der Waals surface area contributed by atoms with Crippen LogP contribution in [0.3, 0.4) is 0 Å². The lowest BCUT2D eigenvalue weighted by molar-refractivity contribution is 0.896. The van der Waals surface area contributed by atoms with Crippen molar-refractivity contribution in [1.29, 1.82) is 0 Å². The Hall–Kier alpha value is -1.46. The molecule has 0 amide bonds. The van der Waals surface area contributed by atoms with Gasteiger partial charge in [-0.1, -0.05) is 12.1 Å². The van der Waals surface area contributed by atoms with Gasteiger partial charge < -0.3 is 10.3 Å². The zero-order valence-corrected chi connectivity index (χ0v) is 10.0. The molecule has 4 nitrogen and oxygen atoms in total. The van der Waals surface area contributed by atoms with Crippen molar-refractivity contribution in [2.45, 2.75) is 6.54 Å². The van der Waals surface area contributed by atoms with Crippen LogP contribution in [0.4, 0.5) is 0 Å². The van der Waals surface area contributed by atoms with E-state index in [0.29, 0.717) is 5.56 Å². The van der Waals surface area contributed by atoms with Gasteiger partial charge in [0.1, 0.15) is 6.33 Å². The number of rotatable bonds is 2. The summed E-state index contributed by atoms with van der Waals surface area (Å²) < 4.78 is 2.71. The molecule has 1 aromatic carbocycles. The molecule has 0 bridgehead atoms. The zero-order chi connectivity index (χ0) is 11.5. The first-order chi connectivity index (χ1) is 7.72. The molecule has 0 radical (unpaired) electrons. The van der Waals surface area contributed by atoms with Crippen LogP contribution >= 0.6 is 15.9 Å². The van der Waals surface area contributed by atoms with Gasteiger partial charge in [0.2, 0.25) is 0 Å². The number of nitrogens with two attached hydrogens (primary N) is 1. The second-order valence-electron chi connectivity index (χ2n) is 3.27. The third-order valence-electron chi connectivity index (χ3n) is 2.22. The van der Waals surface area contributed by atoms with Gasteiger partial charge in [0.05, 0.1) is 5.69 Å². The van der Waals surface area contributed by atoms with E-state index in [1.807, 2.05) is 24.3 Å².